The number of nitrogen functional groups attached to an aromatic ring is 1. The van der Waals surface area contributed by atoms with Crippen LogP contribution >= 0.6 is 0 Å². The van der Waals surface area contributed by atoms with Gasteiger partial charge in [0, 0.05) is 6.20 Å². The standard InChI is InChI=1S/C9H12N4/c1-5(2)6-3-11-9(10)7-4-12-13-8(6)7/h3-5H,1-2H3,(H2,10,11)(H,12,13). The fraction of sp³-hybridized carbons (Fsp3) is 0.333. The molecule has 0 fully saturated rings. The molecular weight excluding hydrogens is 164 g/mol. The normalized spacial score (nSPS) is 11.3. The molecule has 0 spiro atoms. The predicted octanol–water partition coefficient (Wildman–Crippen LogP) is 1.66. The van der Waals surface area contributed by atoms with Crippen LogP contribution in [-0.2, 0) is 0 Å². The van der Waals surface area contributed by atoms with Crippen molar-refractivity contribution in [1.82, 2.24) is 15.2 Å². The quantitative estimate of drug-likeness (QED) is 0.694. The molecule has 68 valence electrons. The molecule has 0 bridgehead atoms. The summed E-state index contributed by atoms with van der Waals surface area (Å²) in [6.07, 6.45) is 3.52. The van der Waals surface area contributed by atoms with Crippen LogP contribution in [0.15, 0.2) is 12.4 Å². The molecule has 2 heterocycles. The molecule has 0 aromatic carbocycles. The summed E-state index contributed by atoms with van der Waals surface area (Å²) in [6, 6.07) is 0. The van der Waals surface area contributed by atoms with Crippen molar-refractivity contribution in [2.24, 2.45) is 0 Å². The van der Waals surface area contributed by atoms with Gasteiger partial charge in [-0.15, -0.1) is 0 Å². The summed E-state index contributed by atoms with van der Waals surface area (Å²) in [6.45, 7) is 4.24. The highest BCUT2D eigenvalue weighted by Crippen LogP contribution is 2.25. The monoisotopic (exact) mass is 176 g/mol. The second kappa shape index (κ2) is 2.73. The summed E-state index contributed by atoms with van der Waals surface area (Å²) in [5.74, 6) is 0.962. The molecule has 0 aliphatic heterocycles. The second-order valence-corrected chi connectivity index (χ2v) is 3.41. The molecule has 2 rings (SSSR count). The number of fused-ring (bicyclic) bond motifs is 1. The van der Waals surface area contributed by atoms with Gasteiger partial charge in [0.15, 0.2) is 0 Å². The highest BCUT2D eigenvalue weighted by Gasteiger charge is 2.09. The minimum Gasteiger partial charge on any atom is -0.383 e. The molecule has 0 saturated carbocycles. The van der Waals surface area contributed by atoms with Crippen LogP contribution < -0.4 is 5.73 Å². The molecule has 13 heavy (non-hydrogen) atoms. The molecule has 0 saturated heterocycles. The smallest absolute Gasteiger partial charge is 0.134 e. The number of nitrogens with one attached hydrogen (secondary N) is 1. The van der Waals surface area contributed by atoms with Crippen molar-refractivity contribution in [3.8, 4) is 0 Å². The van der Waals surface area contributed by atoms with Gasteiger partial charge in [0.25, 0.3) is 0 Å². The topological polar surface area (TPSA) is 67.6 Å². The van der Waals surface area contributed by atoms with Gasteiger partial charge in [-0.1, -0.05) is 13.8 Å². The van der Waals surface area contributed by atoms with Crippen LogP contribution in [0.4, 0.5) is 5.82 Å². The van der Waals surface area contributed by atoms with Crippen LogP contribution in [0, 0.1) is 0 Å². The van der Waals surface area contributed by atoms with Crippen molar-refractivity contribution in [1.29, 1.82) is 0 Å². The Kier molecular flexibility index (Phi) is 1.69. The van der Waals surface area contributed by atoms with Gasteiger partial charge in [0.05, 0.1) is 17.1 Å². The molecule has 2 aromatic heterocycles. The Morgan fingerprint density at radius 2 is 2.15 bits per heavy atom. The third-order valence-corrected chi connectivity index (χ3v) is 2.17. The van der Waals surface area contributed by atoms with Crippen LogP contribution in [0.25, 0.3) is 10.9 Å². The predicted molar refractivity (Wildman–Crippen MR) is 52.4 cm³/mol. The van der Waals surface area contributed by atoms with Crippen molar-refractivity contribution in [2.75, 3.05) is 5.73 Å². The van der Waals surface area contributed by atoms with Gasteiger partial charge in [0.1, 0.15) is 5.82 Å². The number of pyridine rings is 1. The first-order valence-electron chi connectivity index (χ1n) is 4.27. The number of rotatable bonds is 1. The molecule has 4 nitrogen and oxygen atoms in total. The van der Waals surface area contributed by atoms with Gasteiger partial charge in [-0.25, -0.2) is 4.98 Å². The van der Waals surface area contributed by atoms with E-state index in [2.05, 4.69) is 29.0 Å². The first-order valence-corrected chi connectivity index (χ1v) is 4.27. The minimum atomic E-state index is 0.427. The lowest BCUT2D eigenvalue weighted by Crippen LogP contribution is -1.95. The molecule has 0 aliphatic carbocycles. The lowest BCUT2D eigenvalue weighted by molar-refractivity contribution is 0.864. The largest absolute Gasteiger partial charge is 0.383 e. The fourth-order valence-electron chi connectivity index (χ4n) is 1.41. The third kappa shape index (κ3) is 1.14. The van der Waals surface area contributed by atoms with Gasteiger partial charge >= 0.3 is 0 Å². The van der Waals surface area contributed by atoms with Crippen molar-refractivity contribution in [2.45, 2.75) is 19.8 Å². The van der Waals surface area contributed by atoms with E-state index in [-0.39, 0.29) is 0 Å². The van der Waals surface area contributed by atoms with E-state index in [9.17, 15) is 0 Å². The molecular formula is C9H12N4. The summed E-state index contributed by atoms with van der Waals surface area (Å²) in [5.41, 5.74) is 7.86. The molecule has 0 unspecified atom stereocenters. The van der Waals surface area contributed by atoms with Gasteiger partial charge < -0.3 is 5.73 Å². The van der Waals surface area contributed by atoms with Crippen molar-refractivity contribution in [3.63, 3.8) is 0 Å². The first-order chi connectivity index (χ1) is 6.20. The average molecular weight is 176 g/mol. The summed E-state index contributed by atoms with van der Waals surface area (Å²) in [4.78, 5) is 4.12. The molecule has 0 radical (unpaired) electrons. The maximum absolute atomic E-state index is 5.70. The number of nitrogens with two attached hydrogens (primary N) is 1. The Morgan fingerprint density at radius 3 is 2.85 bits per heavy atom. The van der Waals surface area contributed by atoms with E-state index in [0.717, 1.165) is 16.5 Å². The van der Waals surface area contributed by atoms with Crippen LogP contribution in [0.2, 0.25) is 0 Å². The number of hydrogen-bond donors (Lipinski definition) is 2. The lowest BCUT2D eigenvalue weighted by Gasteiger charge is -2.06. The van der Waals surface area contributed by atoms with Gasteiger partial charge in [0.2, 0.25) is 0 Å². The molecule has 4 heteroatoms. The van der Waals surface area contributed by atoms with Gasteiger partial charge in [-0.05, 0) is 11.5 Å². The Bertz CT molecular complexity index is 430. The molecule has 0 amide bonds. The fourth-order valence-corrected chi connectivity index (χ4v) is 1.41. The number of nitrogens with zero attached hydrogens (tertiary/aromatic N) is 2. The SMILES string of the molecule is CC(C)c1cnc(N)c2cn[nH]c12. The average Bonchev–Trinajstić information content (AvgIpc) is 2.53. The molecule has 2 aromatic rings. The van der Waals surface area contributed by atoms with E-state index in [4.69, 9.17) is 5.73 Å². The summed E-state index contributed by atoms with van der Waals surface area (Å²) < 4.78 is 0. The Hall–Kier alpha value is -1.58. The van der Waals surface area contributed by atoms with E-state index in [0.29, 0.717) is 11.7 Å². The number of aromatic nitrogens is 3. The summed E-state index contributed by atoms with van der Waals surface area (Å²) in [7, 11) is 0. The molecule has 0 atom stereocenters. The highest BCUT2D eigenvalue weighted by atomic mass is 15.1. The van der Waals surface area contributed by atoms with Crippen LogP contribution in [0.5, 0.6) is 0 Å². The number of aromatic amines is 1. The van der Waals surface area contributed by atoms with Crippen molar-refractivity contribution >= 4 is 16.7 Å². The van der Waals surface area contributed by atoms with Crippen molar-refractivity contribution in [3.05, 3.63) is 18.0 Å². The number of hydrogen-bond acceptors (Lipinski definition) is 3. The molecule has 0 aliphatic rings. The van der Waals surface area contributed by atoms with E-state index in [1.54, 1.807) is 12.4 Å². The van der Waals surface area contributed by atoms with Crippen molar-refractivity contribution < 1.29 is 0 Å². The zero-order chi connectivity index (χ0) is 9.42. The Morgan fingerprint density at radius 1 is 1.38 bits per heavy atom. The zero-order valence-corrected chi connectivity index (χ0v) is 7.70. The maximum Gasteiger partial charge on any atom is 0.134 e. The number of H-pyrrole nitrogens is 1. The van der Waals surface area contributed by atoms with Crippen LogP contribution in [0.3, 0.4) is 0 Å². The van der Waals surface area contributed by atoms with E-state index in [1.165, 1.54) is 0 Å². The van der Waals surface area contributed by atoms with Crippen LogP contribution in [0.1, 0.15) is 25.3 Å². The van der Waals surface area contributed by atoms with Gasteiger partial charge in [-0.3, -0.25) is 5.10 Å². The first kappa shape index (κ1) is 8.04. The minimum absolute atomic E-state index is 0.427. The van der Waals surface area contributed by atoms with Gasteiger partial charge in [-0.2, -0.15) is 5.10 Å². The summed E-state index contributed by atoms with van der Waals surface area (Å²) >= 11 is 0. The lowest BCUT2D eigenvalue weighted by atomic mass is 10.0. The number of anilines is 1. The second-order valence-electron chi connectivity index (χ2n) is 3.41. The Balaban J connectivity index is 2.78. The summed E-state index contributed by atoms with van der Waals surface area (Å²) in [5, 5.41) is 7.81. The highest BCUT2D eigenvalue weighted by molar-refractivity contribution is 5.89. The zero-order valence-electron chi connectivity index (χ0n) is 7.70. The van der Waals surface area contributed by atoms with E-state index >= 15 is 0 Å². The van der Waals surface area contributed by atoms with E-state index in [1.807, 2.05) is 0 Å². The third-order valence-electron chi connectivity index (χ3n) is 2.17. The Labute approximate surface area is 76.2 Å². The van der Waals surface area contributed by atoms with Crippen LogP contribution in [-0.4, -0.2) is 15.2 Å². The molecule has 3 N–H and O–H groups in total. The maximum atomic E-state index is 5.70. The van der Waals surface area contributed by atoms with E-state index < -0.39 is 0 Å².